The van der Waals surface area contributed by atoms with Gasteiger partial charge >= 0.3 is 5.97 Å². The van der Waals surface area contributed by atoms with Crippen LogP contribution in [0.15, 0.2) is 18.2 Å². The molecule has 98 valence electrons. The Balaban J connectivity index is 2.87. The molecule has 0 bridgehead atoms. The van der Waals surface area contributed by atoms with E-state index in [4.69, 9.17) is 10.2 Å². The minimum absolute atomic E-state index is 0.0131. The Morgan fingerprint density at radius 2 is 2.06 bits per heavy atom. The van der Waals surface area contributed by atoms with E-state index in [9.17, 15) is 14.7 Å². The lowest BCUT2D eigenvalue weighted by Gasteiger charge is -2.14. The van der Waals surface area contributed by atoms with Gasteiger partial charge in [0, 0.05) is 13.0 Å². The zero-order chi connectivity index (χ0) is 13.7. The molecule has 1 amide bonds. The first-order valence-electron chi connectivity index (χ1n) is 5.40. The Kier molecular flexibility index (Phi) is 4.67. The number of rotatable bonds is 5. The van der Waals surface area contributed by atoms with Gasteiger partial charge in [0.25, 0.3) is 5.91 Å². The summed E-state index contributed by atoms with van der Waals surface area (Å²) in [5.41, 5.74) is 0.538. The summed E-state index contributed by atoms with van der Waals surface area (Å²) in [7, 11) is 0. The van der Waals surface area contributed by atoms with Gasteiger partial charge in [-0.3, -0.25) is 4.79 Å². The molecule has 0 heterocycles. The third-order valence-electron chi connectivity index (χ3n) is 2.50. The summed E-state index contributed by atoms with van der Waals surface area (Å²) in [5, 5.41) is 29.5. The summed E-state index contributed by atoms with van der Waals surface area (Å²) in [6, 6.07) is 3.44. The number of carboxylic acid groups (broad SMARTS) is 1. The van der Waals surface area contributed by atoms with Gasteiger partial charge in [-0.1, -0.05) is 12.1 Å². The van der Waals surface area contributed by atoms with Crippen LogP contribution in [0.1, 0.15) is 22.3 Å². The van der Waals surface area contributed by atoms with Gasteiger partial charge in [0.2, 0.25) is 0 Å². The predicted octanol–water partition coefficient (Wildman–Crippen LogP) is 0.266. The van der Waals surface area contributed by atoms with Crippen LogP contribution < -0.4 is 5.32 Å². The van der Waals surface area contributed by atoms with Gasteiger partial charge in [-0.25, -0.2) is 4.79 Å². The van der Waals surface area contributed by atoms with Crippen molar-refractivity contribution < 1.29 is 24.9 Å². The van der Waals surface area contributed by atoms with Crippen molar-refractivity contribution in [2.24, 2.45) is 0 Å². The largest absolute Gasteiger partial charge is 0.507 e. The zero-order valence-electron chi connectivity index (χ0n) is 9.88. The molecule has 0 saturated heterocycles. The number of para-hydroxylation sites is 1. The molecule has 0 fully saturated rings. The second-order valence-electron chi connectivity index (χ2n) is 3.85. The number of amides is 1. The van der Waals surface area contributed by atoms with Crippen molar-refractivity contribution in [1.82, 2.24) is 5.32 Å². The lowest BCUT2D eigenvalue weighted by molar-refractivity contribution is -0.139. The van der Waals surface area contributed by atoms with Gasteiger partial charge < -0.3 is 20.6 Å². The van der Waals surface area contributed by atoms with Crippen LogP contribution in [0.3, 0.4) is 0 Å². The van der Waals surface area contributed by atoms with E-state index in [0.29, 0.717) is 5.56 Å². The molecule has 1 rings (SSSR count). The normalized spacial score (nSPS) is 11.9. The summed E-state index contributed by atoms with van der Waals surface area (Å²) in [5.74, 6) is -2.09. The number of phenolic OH excluding ortho intramolecular Hbond substituents is 1. The van der Waals surface area contributed by atoms with Crippen molar-refractivity contribution in [3.8, 4) is 5.75 Å². The number of hydrogen-bond acceptors (Lipinski definition) is 4. The molecule has 0 aliphatic carbocycles. The number of hydrogen-bond donors (Lipinski definition) is 4. The summed E-state index contributed by atoms with van der Waals surface area (Å²) < 4.78 is 0. The van der Waals surface area contributed by atoms with Crippen molar-refractivity contribution >= 4 is 11.9 Å². The first kappa shape index (κ1) is 14.0. The fourth-order valence-corrected chi connectivity index (χ4v) is 1.46. The third kappa shape index (κ3) is 3.21. The molecular weight excluding hydrogens is 238 g/mol. The average molecular weight is 253 g/mol. The molecule has 0 aromatic heterocycles. The Labute approximate surface area is 104 Å². The van der Waals surface area contributed by atoms with Crippen LogP contribution in [0.4, 0.5) is 0 Å². The highest BCUT2D eigenvalue weighted by atomic mass is 16.4. The molecule has 1 aromatic carbocycles. The summed E-state index contributed by atoms with van der Waals surface area (Å²) in [6.07, 6.45) is -0.0896. The number of nitrogens with one attached hydrogen (secondary N) is 1. The molecule has 4 N–H and O–H groups in total. The summed E-state index contributed by atoms with van der Waals surface area (Å²) in [6.45, 7) is 1.28. The van der Waals surface area contributed by atoms with Gasteiger partial charge in [-0.15, -0.1) is 0 Å². The second kappa shape index (κ2) is 6.02. The van der Waals surface area contributed by atoms with Crippen molar-refractivity contribution in [3.05, 3.63) is 29.3 Å². The van der Waals surface area contributed by atoms with E-state index in [1.807, 2.05) is 0 Å². The molecule has 0 spiro atoms. The highest BCUT2D eigenvalue weighted by molar-refractivity contribution is 5.99. The van der Waals surface area contributed by atoms with Crippen LogP contribution in [0.25, 0.3) is 0 Å². The molecule has 18 heavy (non-hydrogen) atoms. The molecule has 6 nitrogen and oxygen atoms in total. The van der Waals surface area contributed by atoms with E-state index < -0.39 is 17.9 Å². The Bertz CT molecular complexity index is 458. The number of aryl methyl sites for hydroxylation is 1. The highest BCUT2D eigenvalue weighted by Gasteiger charge is 2.21. The molecule has 0 aliphatic rings. The number of aliphatic hydroxyl groups is 1. The number of carbonyl (C=O) groups excluding carboxylic acids is 1. The minimum atomic E-state index is -1.23. The summed E-state index contributed by atoms with van der Waals surface area (Å²) in [4.78, 5) is 22.6. The van der Waals surface area contributed by atoms with E-state index in [1.54, 1.807) is 19.1 Å². The smallest absolute Gasteiger partial charge is 0.326 e. The van der Waals surface area contributed by atoms with Crippen molar-refractivity contribution in [1.29, 1.82) is 0 Å². The number of carboxylic acids is 1. The van der Waals surface area contributed by atoms with Crippen LogP contribution in [-0.2, 0) is 4.79 Å². The first-order chi connectivity index (χ1) is 8.47. The zero-order valence-corrected chi connectivity index (χ0v) is 9.88. The fraction of sp³-hybridized carbons (Fsp3) is 0.333. The van der Waals surface area contributed by atoms with Gasteiger partial charge in [0.05, 0.1) is 5.56 Å². The quantitative estimate of drug-likeness (QED) is 0.602. The maximum absolute atomic E-state index is 11.8. The number of aliphatic carboxylic acids is 1. The molecule has 0 aliphatic heterocycles. The van der Waals surface area contributed by atoms with Crippen molar-refractivity contribution in [2.45, 2.75) is 19.4 Å². The molecule has 6 heteroatoms. The van der Waals surface area contributed by atoms with Gasteiger partial charge in [0.1, 0.15) is 11.8 Å². The van der Waals surface area contributed by atoms with E-state index in [1.165, 1.54) is 6.07 Å². The average Bonchev–Trinajstić information content (AvgIpc) is 2.31. The van der Waals surface area contributed by atoms with Crippen LogP contribution in [-0.4, -0.2) is 39.8 Å². The Morgan fingerprint density at radius 3 is 2.61 bits per heavy atom. The highest BCUT2D eigenvalue weighted by Crippen LogP contribution is 2.21. The standard InChI is InChI=1S/C12H15NO5/c1-7-3-2-4-8(10(7)15)11(16)13-9(5-6-14)12(17)18/h2-4,9,14-15H,5-6H2,1H3,(H,13,16)(H,17,18)/t9-/m0/s1. The molecule has 1 atom stereocenters. The lowest BCUT2D eigenvalue weighted by Crippen LogP contribution is -2.41. The molecule has 0 saturated carbocycles. The van der Waals surface area contributed by atoms with E-state index in [0.717, 1.165) is 0 Å². The lowest BCUT2D eigenvalue weighted by atomic mass is 10.1. The number of carbonyl (C=O) groups is 2. The minimum Gasteiger partial charge on any atom is -0.507 e. The maximum Gasteiger partial charge on any atom is 0.326 e. The van der Waals surface area contributed by atoms with Crippen LogP contribution in [0.2, 0.25) is 0 Å². The topological polar surface area (TPSA) is 107 Å². The van der Waals surface area contributed by atoms with E-state index >= 15 is 0 Å². The first-order valence-corrected chi connectivity index (χ1v) is 5.40. The molecular formula is C12H15NO5. The van der Waals surface area contributed by atoms with Crippen LogP contribution in [0.5, 0.6) is 5.75 Å². The Hall–Kier alpha value is -2.08. The second-order valence-corrected chi connectivity index (χ2v) is 3.85. The predicted molar refractivity (Wildman–Crippen MR) is 63.4 cm³/mol. The monoisotopic (exact) mass is 253 g/mol. The van der Waals surface area contributed by atoms with Crippen molar-refractivity contribution in [2.75, 3.05) is 6.61 Å². The number of benzene rings is 1. The maximum atomic E-state index is 11.8. The SMILES string of the molecule is Cc1cccc(C(=O)N[C@@H](CCO)C(=O)O)c1O. The van der Waals surface area contributed by atoms with E-state index in [-0.39, 0.29) is 24.3 Å². The van der Waals surface area contributed by atoms with E-state index in [2.05, 4.69) is 5.32 Å². The number of aliphatic hydroxyl groups excluding tert-OH is 1. The van der Waals surface area contributed by atoms with Crippen LogP contribution >= 0.6 is 0 Å². The number of phenols is 1. The Morgan fingerprint density at radius 1 is 1.39 bits per heavy atom. The molecule has 0 unspecified atom stereocenters. The van der Waals surface area contributed by atoms with Crippen LogP contribution in [0, 0.1) is 6.92 Å². The molecule has 1 aromatic rings. The summed E-state index contributed by atoms with van der Waals surface area (Å²) >= 11 is 0. The van der Waals surface area contributed by atoms with Gasteiger partial charge in [-0.2, -0.15) is 0 Å². The van der Waals surface area contributed by atoms with Gasteiger partial charge in [0.15, 0.2) is 0 Å². The number of aromatic hydroxyl groups is 1. The van der Waals surface area contributed by atoms with Gasteiger partial charge in [-0.05, 0) is 18.6 Å². The fourth-order valence-electron chi connectivity index (χ4n) is 1.46. The van der Waals surface area contributed by atoms with Crippen molar-refractivity contribution in [3.63, 3.8) is 0 Å². The third-order valence-corrected chi connectivity index (χ3v) is 2.50. The molecule has 0 radical (unpaired) electrons.